The number of likely N-dealkylation sites (N-methyl/N-ethyl adjacent to an activating group) is 1. The van der Waals surface area contributed by atoms with Gasteiger partial charge in [-0.1, -0.05) is 42.5 Å². The predicted molar refractivity (Wildman–Crippen MR) is 108 cm³/mol. The number of esters is 1. The van der Waals surface area contributed by atoms with E-state index in [9.17, 15) is 14.4 Å². The lowest BCUT2D eigenvalue weighted by atomic mass is 9.72. The maximum absolute atomic E-state index is 13.1. The fraction of sp³-hybridized carbons (Fsp3) is 0.500. The van der Waals surface area contributed by atoms with E-state index in [2.05, 4.69) is 6.58 Å². The van der Waals surface area contributed by atoms with E-state index >= 15 is 0 Å². The maximum Gasteiger partial charge on any atom is 0.317 e. The lowest BCUT2D eigenvalue weighted by Crippen LogP contribution is -2.49. The van der Waals surface area contributed by atoms with E-state index in [1.807, 2.05) is 44.2 Å². The van der Waals surface area contributed by atoms with Crippen LogP contribution in [0.5, 0.6) is 0 Å². The normalized spacial score (nSPS) is 15.6. The van der Waals surface area contributed by atoms with Gasteiger partial charge in [-0.3, -0.25) is 14.4 Å². The number of rotatable bonds is 7. The van der Waals surface area contributed by atoms with Crippen molar-refractivity contribution in [3.63, 3.8) is 0 Å². The van der Waals surface area contributed by atoms with Crippen molar-refractivity contribution in [2.45, 2.75) is 39.0 Å². The molecule has 6 nitrogen and oxygen atoms in total. The number of piperidine rings is 1. The van der Waals surface area contributed by atoms with Crippen LogP contribution in [0.3, 0.4) is 0 Å². The highest BCUT2D eigenvalue weighted by molar-refractivity contribution is 5.87. The number of carbonyl (C=O) groups is 3. The van der Waals surface area contributed by atoms with Gasteiger partial charge in [-0.05, 0) is 32.3 Å². The number of likely N-dealkylation sites (tertiary alicyclic amines) is 1. The molecule has 0 N–H and O–H groups in total. The molecule has 0 radical (unpaired) electrons. The van der Waals surface area contributed by atoms with Gasteiger partial charge in [-0.2, -0.15) is 0 Å². The third kappa shape index (κ3) is 5.00. The smallest absolute Gasteiger partial charge is 0.317 e. The molecule has 1 aromatic rings. The maximum atomic E-state index is 13.1. The largest absolute Gasteiger partial charge is 0.455 e. The van der Waals surface area contributed by atoms with Crippen molar-refractivity contribution in [1.82, 2.24) is 9.80 Å². The molecule has 28 heavy (non-hydrogen) atoms. The van der Waals surface area contributed by atoms with E-state index in [1.54, 1.807) is 9.80 Å². The highest BCUT2D eigenvalue weighted by Gasteiger charge is 2.45. The van der Waals surface area contributed by atoms with Crippen LogP contribution in [0.4, 0.5) is 0 Å². The highest BCUT2D eigenvalue weighted by Crippen LogP contribution is 2.37. The van der Waals surface area contributed by atoms with Crippen LogP contribution >= 0.6 is 0 Å². The van der Waals surface area contributed by atoms with Crippen molar-refractivity contribution in [1.29, 1.82) is 0 Å². The van der Waals surface area contributed by atoms with E-state index in [1.165, 1.54) is 6.92 Å². The summed E-state index contributed by atoms with van der Waals surface area (Å²) >= 11 is 0. The number of hydrogen-bond acceptors (Lipinski definition) is 4. The molecule has 1 aliphatic heterocycles. The topological polar surface area (TPSA) is 66.9 Å². The van der Waals surface area contributed by atoms with Gasteiger partial charge in [-0.25, -0.2) is 0 Å². The zero-order valence-corrected chi connectivity index (χ0v) is 17.1. The molecule has 0 aromatic heterocycles. The third-order valence-corrected chi connectivity index (χ3v) is 5.30. The molecule has 1 aliphatic rings. The molecule has 6 heteroatoms. The first-order valence-corrected chi connectivity index (χ1v) is 9.70. The zero-order chi connectivity index (χ0) is 20.7. The average molecular weight is 386 g/mol. The van der Waals surface area contributed by atoms with E-state index < -0.39 is 11.4 Å². The first-order chi connectivity index (χ1) is 13.3. The summed E-state index contributed by atoms with van der Waals surface area (Å²) in [7, 11) is 0. The Balaban J connectivity index is 2.14. The Bertz CT molecular complexity index is 721. The Morgan fingerprint density at radius 3 is 2.25 bits per heavy atom. The minimum absolute atomic E-state index is 0.00332. The Hall–Kier alpha value is -2.63. The predicted octanol–water partition coefficient (Wildman–Crippen LogP) is 2.53. The van der Waals surface area contributed by atoms with E-state index in [4.69, 9.17) is 4.74 Å². The summed E-state index contributed by atoms with van der Waals surface area (Å²) in [5.74, 6) is -0.631. The second-order valence-corrected chi connectivity index (χ2v) is 7.40. The first kappa shape index (κ1) is 21.7. The fourth-order valence-corrected chi connectivity index (χ4v) is 3.63. The molecular formula is C22H30N2O4. The SMILES string of the molecule is C=C(C)CN(CC)C(=O)COC(=O)C1(c2ccccc2)CCN(C(C)=O)CC1. The van der Waals surface area contributed by atoms with Gasteiger partial charge in [0, 0.05) is 33.1 Å². The molecule has 0 spiro atoms. The van der Waals surface area contributed by atoms with Crippen molar-refractivity contribution in [2.75, 3.05) is 32.8 Å². The second-order valence-electron chi connectivity index (χ2n) is 7.40. The molecule has 2 amide bonds. The van der Waals surface area contributed by atoms with Crippen LogP contribution < -0.4 is 0 Å². The summed E-state index contributed by atoms with van der Waals surface area (Å²) in [5.41, 5.74) is 0.905. The number of amides is 2. The average Bonchev–Trinajstić information content (AvgIpc) is 2.70. The molecule has 0 bridgehead atoms. The Kier molecular flexibility index (Phi) is 7.38. The van der Waals surface area contributed by atoms with E-state index in [0.29, 0.717) is 39.0 Å². The Morgan fingerprint density at radius 1 is 1.14 bits per heavy atom. The molecule has 0 aliphatic carbocycles. The monoisotopic (exact) mass is 386 g/mol. The van der Waals surface area contributed by atoms with Crippen LogP contribution in [0, 0.1) is 0 Å². The van der Waals surface area contributed by atoms with Gasteiger partial charge in [0.2, 0.25) is 5.91 Å². The van der Waals surface area contributed by atoms with Gasteiger partial charge < -0.3 is 14.5 Å². The number of hydrogen-bond donors (Lipinski definition) is 0. The molecule has 1 fully saturated rings. The molecule has 1 heterocycles. The minimum Gasteiger partial charge on any atom is -0.455 e. The molecule has 152 valence electrons. The summed E-state index contributed by atoms with van der Waals surface area (Å²) < 4.78 is 5.50. The molecule has 1 aromatic carbocycles. The van der Waals surface area contributed by atoms with Crippen LogP contribution in [-0.2, 0) is 24.5 Å². The van der Waals surface area contributed by atoms with Gasteiger partial charge in [0.1, 0.15) is 0 Å². The second kappa shape index (κ2) is 9.53. The summed E-state index contributed by atoms with van der Waals surface area (Å²) in [4.78, 5) is 40.6. The quantitative estimate of drug-likeness (QED) is 0.534. The van der Waals surface area contributed by atoms with Crippen molar-refractivity contribution >= 4 is 17.8 Å². The molecule has 0 saturated carbocycles. The van der Waals surface area contributed by atoms with Crippen LogP contribution in [0.2, 0.25) is 0 Å². The van der Waals surface area contributed by atoms with Crippen molar-refractivity contribution in [3.05, 3.63) is 48.0 Å². The van der Waals surface area contributed by atoms with Crippen LogP contribution in [0.15, 0.2) is 42.5 Å². The van der Waals surface area contributed by atoms with E-state index in [-0.39, 0.29) is 18.4 Å². The van der Waals surface area contributed by atoms with Gasteiger partial charge >= 0.3 is 5.97 Å². The van der Waals surface area contributed by atoms with Gasteiger partial charge in [-0.15, -0.1) is 0 Å². The van der Waals surface area contributed by atoms with Crippen LogP contribution in [0.1, 0.15) is 39.2 Å². The van der Waals surface area contributed by atoms with Gasteiger partial charge in [0.05, 0.1) is 5.41 Å². The molecule has 2 rings (SSSR count). The van der Waals surface area contributed by atoms with Gasteiger partial charge in [0.15, 0.2) is 6.61 Å². The van der Waals surface area contributed by atoms with E-state index in [0.717, 1.165) is 11.1 Å². The Labute approximate surface area is 167 Å². The lowest BCUT2D eigenvalue weighted by molar-refractivity contribution is -0.159. The van der Waals surface area contributed by atoms with Crippen molar-refractivity contribution < 1.29 is 19.1 Å². The number of carbonyl (C=O) groups excluding carboxylic acids is 3. The number of ether oxygens (including phenoxy) is 1. The van der Waals surface area contributed by atoms with Gasteiger partial charge in [0.25, 0.3) is 5.91 Å². The van der Waals surface area contributed by atoms with Crippen molar-refractivity contribution in [3.8, 4) is 0 Å². The summed E-state index contributed by atoms with van der Waals surface area (Å²) in [6.07, 6.45) is 0.958. The highest BCUT2D eigenvalue weighted by atomic mass is 16.5. The minimum atomic E-state index is -0.834. The molecular weight excluding hydrogens is 356 g/mol. The third-order valence-electron chi connectivity index (χ3n) is 5.30. The summed E-state index contributed by atoms with van der Waals surface area (Å²) in [6.45, 7) is 10.8. The van der Waals surface area contributed by atoms with Crippen LogP contribution in [0.25, 0.3) is 0 Å². The summed E-state index contributed by atoms with van der Waals surface area (Å²) in [6, 6.07) is 9.49. The fourth-order valence-electron chi connectivity index (χ4n) is 3.63. The first-order valence-electron chi connectivity index (χ1n) is 9.70. The number of benzene rings is 1. The summed E-state index contributed by atoms with van der Waals surface area (Å²) in [5, 5.41) is 0. The molecule has 1 saturated heterocycles. The zero-order valence-electron chi connectivity index (χ0n) is 17.1. The molecule has 0 atom stereocenters. The standard InChI is InChI=1S/C22H30N2O4/c1-5-23(15-17(2)3)20(26)16-28-21(27)22(19-9-7-6-8-10-19)11-13-24(14-12-22)18(4)25/h6-10H,2,5,11-16H2,1,3-4H3. The lowest BCUT2D eigenvalue weighted by Gasteiger charge is -2.40. The van der Waals surface area contributed by atoms with Crippen molar-refractivity contribution in [2.24, 2.45) is 0 Å². The number of nitrogens with zero attached hydrogens (tertiary/aromatic N) is 2. The van der Waals surface area contributed by atoms with Crippen LogP contribution in [-0.4, -0.2) is 60.4 Å². The Morgan fingerprint density at radius 2 is 1.75 bits per heavy atom. The molecule has 0 unspecified atom stereocenters.